The van der Waals surface area contributed by atoms with Gasteiger partial charge in [-0.3, -0.25) is 0 Å². The zero-order valence-corrected chi connectivity index (χ0v) is 31.9. The third-order valence-electron chi connectivity index (χ3n) is 10.2. The van der Waals surface area contributed by atoms with Gasteiger partial charge in [0.1, 0.15) is 0 Å². The van der Waals surface area contributed by atoms with Crippen molar-refractivity contribution in [1.82, 2.24) is 15.0 Å². The molecule has 0 N–H and O–H groups in total. The average Bonchev–Trinajstić information content (AvgIpc) is 3.89. The summed E-state index contributed by atoms with van der Waals surface area (Å²) in [5.41, 5.74) is 5.52. The number of hydrogen-bond donors (Lipinski definition) is 0. The SMILES string of the molecule is Fc1cc2c(-c3ccccc3)csc2c(-c2cc(-c3nc(-c4ccccc4)nc(-c4ccccc4)n3)cc(-c3c(F)c(F)cc4c(-c5ccccc5)csc34)c2)c1F. The van der Waals surface area contributed by atoms with E-state index in [9.17, 15) is 0 Å². The van der Waals surface area contributed by atoms with Gasteiger partial charge in [0.2, 0.25) is 0 Å². The zero-order chi connectivity index (χ0) is 39.3. The number of thiophene rings is 2. The molecule has 0 bridgehead atoms. The molecule has 0 fully saturated rings. The van der Waals surface area contributed by atoms with Crippen molar-refractivity contribution in [3.8, 4) is 78.7 Å². The first-order chi connectivity index (χ1) is 28.4. The van der Waals surface area contributed by atoms with Crippen LogP contribution in [0.1, 0.15) is 0 Å². The molecular weight excluding hydrogens is 771 g/mol. The maximum atomic E-state index is 16.5. The largest absolute Gasteiger partial charge is 0.208 e. The van der Waals surface area contributed by atoms with Crippen LogP contribution in [0.25, 0.3) is 98.8 Å². The molecule has 3 aromatic heterocycles. The maximum absolute atomic E-state index is 16.5. The second-order valence-electron chi connectivity index (χ2n) is 13.7. The monoisotopic (exact) mass is 797 g/mol. The van der Waals surface area contributed by atoms with E-state index in [1.165, 1.54) is 34.8 Å². The van der Waals surface area contributed by atoms with Crippen LogP contribution in [0.3, 0.4) is 0 Å². The minimum Gasteiger partial charge on any atom is -0.208 e. The van der Waals surface area contributed by atoms with Gasteiger partial charge >= 0.3 is 0 Å². The van der Waals surface area contributed by atoms with Crippen LogP contribution in [-0.4, -0.2) is 15.0 Å². The highest BCUT2D eigenvalue weighted by atomic mass is 32.1. The van der Waals surface area contributed by atoms with Crippen molar-refractivity contribution < 1.29 is 17.6 Å². The summed E-state index contributed by atoms with van der Waals surface area (Å²) in [7, 11) is 0. The molecule has 0 spiro atoms. The minimum atomic E-state index is -1.06. The quantitative estimate of drug-likeness (QED) is 0.151. The molecule has 58 heavy (non-hydrogen) atoms. The number of hydrogen-bond acceptors (Lipinski definition) is 5. The Bertz CT molecular complexity index is 2940. The van der Waals surface area contributed by atoms with Crippen molar-refractivity contribution in [2.75, 3.05) is 0 Å². The molecule has 0 saturated heterocycles. The molecule has 0 aliphatic rings. The summed E-state index contributed by atoms with van der Waals surface area (Å²) in [5, 5.41) is 4.81. The zero-order valence-electron chi connectivity index (χ0n) is 30.3. The Morgan fingerprint density at radius 2 is 0.672 bits per heavy atom. The number of halogens is 4. The van der Waals surface area contributed by atoms with Gasteiger partial charge < -0.3 is 0 Å². The molecule has 3 heterocycles. The van der Waals surface area contributed by atoms with E-state index >= 15 is 17.6 Å². The lowest BCUT2D eigenvalue weighted by Crippen LogP contribution is -2.01. The van der Waals surface area contributed by atoms with Gasteiger partial charge in [-0.1, -0.05) is 121 Å². The summed E-state index contributed by atoms with van der Waals surface area (Å²) < 4.78 is 65.8. The smallest absolute Gasteiger partial charge is 0.168 e. The molecule has 0 amide bonds. The van der Waals surface area contributed by atoms with Crippen molar-refractivity contribution >= 4 is 42.8 Å². The maximum Gasteiger partial charge on any atom is 0.168 e. The summed E-state index contributed by atoms with van der Waals surface area (Å²) in [6.45, 7) is 0. The number of rotatable bonds is 7. The van der Waals surface area contributed by atoms with Crippen LogP contribution in [-0.2, 0) is 0 Å². The summed E-state index contributed by atoms with van der Waals surface area (Å²) in [6, 6.07) is 45.2. The van der Waals surface area contributed by atoms with E-state index in [2.05, 4.69) is 0 Å². The molecular formula is C49H27F4N3S2. The fraction of sp³-hybridized carbons (Fsp3) is 0. The van der Waals surface area contributed by atoms with E-state index in [0.717, 1.165) is 33.4 Å². The predicted octanol–water partition coefficient (Wildman–Crippen LogP) is 14.5. The van der Waals surface area contributed by atoms with Gasteiger partial charge in [0.05, 0.1) is 0 Å². The van der Waals surface area contributed by atoms with Crippen molar-refractivity contribution in [2.24, 2.45) is 0 Å². The second-order valence-corrected chi connectivity index (χ2v) is 15.5. The molecule has 0 unspecified atom stereocenters. The Hall–Kier alpha value is -6.81. The normalized spacial score (nSPS) is 11.4. The van der Waals surface area contributed by atoms with E-state index in [4.69, 9.17) is 15.0 Å². The highest BCUT2D eigenvalue weighted by Crippen LogP contribution is 2.47. The molecule has 9 heteroatoms. The molecule has 0 saturated carbocycles. The van der Waals surface area contributed by atoms with Crippen LogP contribution in [0, 0.1) is 23.3 Å². The molecule has 10 rings (SSSR count). The number of benzene rings is 7. The van der Waals surface area contributed by atoms with Gasteiger partial charge in [-0.2, -0.15) is 0 Å². The number of nitrogens with zero attached hydrogens (tertiary/aromatic N) is 3. The first-order valence-corrected chi connectivity index (χ1v) is 20.1. The minimum absolute atomic E-state index is 0.00453. The Balaban J connectivity index is 1.28. The van der Waals surface area contributed by atoms with Gasteiger partial charge in [-0.15, -0.1) is 22.7 Å². The third-order valence-corrected chi connectivity index (χ3v) is 12.2. The molecule has 7 aromatic carbocycles. The molecule has 0 radical (unpaired) electrons. The van der Waals surface area contributed by atoms with Crippen LogP contribution in [0.4, 0.5) is 17.6 Å². The van der Waals surface area contributed by atoms with E-state index in [1.807, 2.05) is 132 Å². The first-order valence-electron chi connectivity index (χ1n) is 18.3. The van der Waals surface area contributed by atoms with Crippen molar-refractivity contribution in [2.45, 2.75) is 0 Å². The lowest BCUT2D eigenvalue weighted by atomic mass is 9.92. The summed E-state index contributed by atoms with van der Waals surface area (Å²) in [5.74, 6) is -3.21. The molecule has 0 atom stereocenters. The highest BCUT2D eigenvalue weighted by molar-refractivity contribution is 7.18. The molecule has 0 aliphatic heterocycles. The van der Waals surface area contributed by atoms with E-state index in [-0.39, 0.29) is 28.1 Å². The van der Waals surface area contributed by atoms with Crippen molar-refractivity contribution in [3.05, 3.63) is 186 Å². The highest BCUT2D eigenvalue weighted by Gasteiger charge is 2.25. The summed E-state index contributed by atoms with van der Waals surface area (Å²) >= 11 is 2.57. The number of fused-ring (bicyclic) bond motifs is 2. The van der Waals surface area contributed by atoms with E-state index in [1.54, 1.807) is 18.2 Å². The van der Waals surface area contributed by atoms with Gasteiger partial charge in [-0.25, -0.2) is 32.5 Å². The predicted molar refractivity (Wildman–Crippen MR) is 228 cm³/mol. The van der Waals surface area contributed by atoms with Crippen LogP contribution >= 0.6 is 22.7 Å². The van der Waals surface area contributed by atoms with Crippen molar-refractivity contribution in [1.29, 1.82) is 0 Å². The number of aromatic nitrogens is 3. The lowest BCUT2D eigenvalue weighted by molar-refractivity contribution is 0.513. The van der Waals surface area contributed by atoms with Crippen LogP contribution < -0.4 is 0 Å². The Morgan fingerprint density at radius 3 is 1.05 bits per heavy atom. The van der Waals surface area contributed by atoms with E-state index in [0.29, 0.717) is 37.4 Å². The average molecular weight is 798 g/mol. The Morgan fingerprint density at radius 1 is 0.345 bits per heavy atom. The van der Waals surface area contributed by atoms with Gasteiger partial charge in [0.25, 0.3) is 0 Å². The summed E-state index contributed by atoms with van der Waals surface area (Å²) in [4.78, 5) is 14.6. The Labute approximate surface area is 338 Å². The molecule has 278 valence electrons. The molecule has 3 nitrogen and oxygen atoms in total. The van der Waals surface area contributed by atoms with Gasteiger partial charge in [0.15, 0.2) is 40.7 Å². The standard InChI is InChI=1S/C49H27F4N3S2/c50-39-24-35-37(28-13-5-1-6-14-28)26-57-45(35)41(43(39)52)32-21-33(42-44(53)40(51)25-36-38(27-58-46(36)42)29-15-7-2-8-16-29)23-34(22-32)49-55-47(30-17-9-3-10-18-30)54-48(56-49)31-19-11-4-12-20-31/h1-27H. The first kappa shape index (κ1) is 35.6. The second kappa shape index (κ2) is 14.6. The summed E-state index contributed by atoms with van der Waals surface area (Å²) in [6.07, 6.45) is 0. The van der Waals surface area contributed by atoms with Gasteiger partial charge in [-0.05, 0) is 63.3 Å². The van der Waals surface area contributed by atoms with Crippen molar-refractivity contribution in [3.63, 3.8) is 0 Å². The Kier molecular flexibility index (Phi) is 8.96. The molecule has 0 aliphatic carbocycles. The van der Waals surface area contributed by atoms with Gasteiger partial charge in [0, 0.05) is 59.1 Å². The fourth-order valence-corrected chi connectivity index (χ4v) is 9.65. The van der Waals surface area contributed by atoms with Crippen LogP contribution in [0.2, 0.25) is 0 Å². The molecule has 10 aromatic rings. The fourth-order valence-electron chi connectivity index (χ4n) is 7.41. The third kappa shape index (κ3) is 6.25. The lowest BCUT2D eigenvalue weighted by Gasteiger charge is -2.15. The van der Waals surface area contributed by atoms with Crippen LogP contribution in [0.5, 0.6) is 0 Å². The topological polar surface area (TPSA) is 38.7 Å². The van der Waals surface area contributed by atoms with E-state index < -0.39 is 23.3 Å². The van der Waals surface area contributed by atoms with Crippen LogP contribution in [0.15, 0.2) is 162 Å².